The maximum atomic E-state index is 9.36. The number of halogens is 2. The van der Waals surface area contributed by atoms with Crippen molar-refractivity contribution in [2.45, 2.75) is 5.33 Å². The molecule has 0 aliphatic carbocycles. The van der Waals surface area contributed by atoms with Gasteiger partial charge in [0, 0.05) is 5.33 Å². The van der Waals surface area contributed by atoms with Crippen LogP contribution in [0.3, 0.4) is 0 Å². The molecule has 0 unspecified atom stereocenters. The summed E-state index contributed by atoms with van der Waals surface area (Å²) < 4.78 is 0.955. The van der Waals surface area contributed by atoms with Crippen LogP contribution in [0.25, 0.3) is 10.1 Å². The van der Waals surface area contributed by atoms with Crippen LogP contribution in [-0.2, 0) is 5.33 Å². The van der Waals surface area contributed by atoms with E-state index in [1.807, 2.05) is 11.4 Å². The number of phenolic OH excluding ortho intramolecular Hbond substituents is 1. The van der Waals surface area contributed by atoms with Crippen LogP contribution < -0.4 is 0 Å². The summed E-state index contributed by atoms with van der Waals surface area (Å²) in [5, 5.41) is 13.8. The van der Waals surface area contributed by atoms with Gasteiger partial charge >= 0.3 is 0 Å². The zero-order valence-corrected chi connectivity index (χ0v) is 9.71. The molecule has 0 aliphatic heterocycles. The van der Waals surface area contributed by atoms with Crippen LogP contribution in [0, 0.1) is 0 Å². The van der Waals surface area contributed by atoms with Gasteiger partial charge in [-0.25, -0.2) is 0 Å². The highest BCUT2D eigenvalue weighted by molar-refractivity contribution is 9.08. The third kappa shape index (κ3) is 1.45. The highest BCUT2D eigenvalue weighted by Gasteiger charge is 2.08. The molecule has 0 saturated carbocycles. The molecule has 1 aromatic carbocycles. The molecule has 0 aliphatic rings. The Morgan fingerprint density at radius 2 is 2.23 bits per heavy atom. The number of alkyl halides is 1. The van der Waals surface area contributed by atoms with Crippen molar-refractivity contribution in [3.8, 4) is 5.75 Å². The molecule has 2 aromatic rings. The summed E-state index contributed by atoms with van der Waals surface area (Å²) in [5.74, 6) is 0.150. The molecule has 0 atom stereocenters. The lowest BCUT2D eigenvalue weighted by atomic mass is 10.2. The van der Waals surface area contributed by atoms with Crippen molar-refractivity contribution in [3.63, 3.8) is 0 Å². The number of rotatable bonds is 1. The van der Waals surface area contributed by atoms with Gasteiger partial charge in [-0.3, -0.25) is 0 Å². The van der Waals surface area contributed by atoms with E-state index >= 15 is 0 Å². The Balaban J connectivity index is 2.81. The summed E-state index contributed by atoms with van der Waals surface area (Å²) in [5.41, 5.74) is 1.21. The van der Waals surface area contributed by atoms with Crippen molar-refractivity contribution in [1.82, 2.24) is 0 Å². The Kier molecular flexibility index (Phi) is 2.49. The number of hydrogen-bond acceptors (Lipinski definition) is 2. The van der Waals surface area contributed by atoms with Crippen LogP contribution in [-0.4, -0.2) is 5.11 Å². The molecular formula is C9H6BrClOS. The zero-order valence-electron chi connectivity index (χ0n) is 6.55. The number of thiophene rings is 1. The molecule has 0 radical (unpaired) electrons. The van der Waals surface area contributed by atoms with Gasteiger partial charge < -0.3 is 5.11 Å². The average Bonchev–Trinajstić information content (AvgIpc) is 2.55. The molecule has 1 nitrogen and oxygen atoms in total. The second kappa shape index (κ2) is 3.48. The zero-order chi connectivity index (χ0) is 9.42. The maximum Gasteiger partial charge on any atom is 0.135 e. The molecule has 1 N–H and O–H groups in total. The first kappa shape index (κ1) is 9.31. The lowest BCUT2D eigenvalue weighted by molar-refractivity contribution is 0.476. The van der Waals surface area contributed by atoms with Crippen LogP contribution in [0.15, 0.2) is 17.5 Å². The second-order valence-electron chi connectivity index (χ2n) is 2.67. The molecule has 0 saturated heterocycles. The van der Waals surface area contributed by atoms with Crippen LogP contribution in [0.1, 0.15) is 5.56 Å². The lowest BCUT2D eigenvalue weighted by Crippen LogP contribution is -1.73. The standard InChI is InChI=1S/C9H6BrClOS/c10-3-5-4-13-9-6(5)1-2-7(12)8(9)11/h1-2,4,12H,3H2. The lowest BCUT2D eigenvalue weighted by Gasteiger charge is -1.98. The van der Waals surface area contributed by atoms with Crippen molar-refractivity contribution in [2.24, 2.45) is 0 Å². The SMILES string of the molecule is Oc1ccc2c(CBr)csc2c1Cl. The Labute approximate surface area is 93.1 Å². The van der Waals surface area contributed by atoms with Gasteiger partial charge in [-0.1, -0.05) is 27.5 Å². The van der Waals surface area contributed by atoms with E-state index in [2.05, 4.69) is 15.9 Å². The van der Waals surface area contributed by atoms with E-state index in [1.54, 1.807) is 17.4 Å². The summed E-state index contributed by atoms with van der Waals surface area (Å²) in [6.07, 6.45) is 0. The first-order valence-corrected chi connectivity index (χ1v) is 6.05. The molecule has 13 heavy (non-hydrogen) atoms. The third-order valence-corrected chi connectivity index (χ3v) is 4.05. The maximum absolute atomic E-state index is 9.36. The summed E-state index contributed by atoms with van der Waals surface area (Å²) in [6.45, 7) is 0. The van der Waals surface area contributed by atoms with E-state index in [-0.39, 0.29) is 5.75 Å². The molecule has 0 spiro atoms. The minimum Gasteiger partial charge on any atom is -0.506 e. The number of phenols is 1. The molecule has 0 fully saturated rings. The third-order valence-electron chi connectivity index (χ3n) is 1.89. The largest absolute Gasteiger partial charge is 0.506 e. The molecule has 2 rings (SSSR count). The average molecular weight is 278 g/mol. The quantitative estimate of drug-likeness (QED) is 0.776. The van der Waals surface area contributed by atoms with Gasteiger partial charge in [0.2, 0.25) is 0 Å². The topological polar surface area (TPSA) is 20.2 Å². The first-order valence-electron chi connectivity index (χ1n) is 3.67. The number of benzene rings is 1. The van der Waals surface area contributed by atoms with Crippen molar-refractivity contribution >= 4 is 49.0 Å². The van der Waals surface area contributed by atoms with E-state index in [1.165, 1.54) is 5.56 Å². The van der Waals surface area contributed by atoms with Gasteiger partial charge in [0.1, 0.15) is 10.8 Å². The van der Waals surface area contributed by atoms with Crippen molar-refractivity contribution in [2.75, 3.05) is 0 Å². The molecule has 68 valence electrons. The van der Waals surface area contributed by atoms with Gasteiger partial charge in [0.15, 0.2) is 0 Å². The molecule has 1 heterocycles. The molecule has 0 amide bonds. The van der Waals surface area contributed by atoms with Crippen LogP contribution >= 0.6 is 38.9 Å². The summed E-state index contributed by atoms with van der Waals surface area (Å²) >= 11 is 10.9. The van der Waals surface area contributed by atoms with Crippen LogP contribution in [0.5, 0.6) is 5.75 Å². The summed E-state index contributed by atoms with van der Waals surface area (Å²) in [6, 6.07) is 3.52. The number of aromatic hydroxyl groups is 1. The predicted molar refractivity (Wildman–Crippen MR) is 61.1 cm³/mol. The van der Waals surface area contributed by atoms with Gasteiger partial charge in [0.05, 0.1) is 4.70 Å². The highest BCUT2D eigenvalue weighted by atomic mass is 79.9. The molecule has 1 aromatic heterocycles. The fraction of sp³-hybridized carbons (Fsp3) is 0.111. The molecule has 0 bridgehead atoms. The van der Waals surface area contributed by atoms with Crippen molar-refractivity contribution < 1.29 is 5.11 Å². The highest BCUT2D eigenvalue weighted by Crippen LogP contribution is 2.38. The van der Waals surface area contributed by atoms with Crippen molar-refractivity contribution in [3.05, 3.63) is 28.1 Å². The van der Waals surface area contributed by atoms with Gasteiger partial charge in [-0.05, 0) is 28.5 Å². The number of fused-ring (bicyclic) bond motifs is 1. The van der Waals surface area contributed by atoms with E-state index < -0.39 is 0 Å². The monoisotopic (exact) mass is 276 g/mol. The fourth-order valence-electron chi connectivity index (χ4n) is 1.21. The van der Waals surface area contributed by atoms with Gasteiger partial charge in [-0.15, -0.1) is 11.3 Å². The van der Waals surface area contributed by atoms with E-state index in [4.69, 9.17) is 11.6 Å². The Bertz CT molecular complexity index is 452. The number of hydrogen-bond donors (Lipinski definition) is 1. The first-order chi connectivity index (χ1) is 6.24. The summed E-state index contributed by atoms with van der Waals surface area (Å²) in [4.78, 5) is 0. The van der Waals surface area contributed by atoms with Crippen LogP contribution in [0.4, 0.5) is 0 Å². The minimum absolute atomic E-state index is 0.150. The smallest absolute Gasteiger partial charge is 0.135 e. The van der Waals surface area contributed by atoms with Crippen molar-refractivity contribution in [1.29, 1.82) is 0 Å². The van der Waals surface area contributed by atoms with Crippen LogP contribution in [0.2, 0.25) is 5.02 Å². The predicted octanol–water partition coefficient (Wildman–Crippen LogP) is 4.16. The second-order valence-corrected chi connectivity index (χ2v) is 4.49. The van der Waals surface area contributed by atoms with E-state index in [0.717, 1.165) is 15.4 Å². The molecular weight excluding hydrogens is 272 g/mol. The van der Waals surface area contributed by atoms with E-state index in [9.17, 15) is 5.11 Å². The van der Waals surface area contributed by atoms with Gasteiger partial charge in [0.25, 0.3) is 0 Å². The Hall–Kier alpha value is -0.250. The van der Waals surface area contributed by atoms with E-state index in [0.29, 0.717) is 5.02 Å². The Morgan fingerprint density at radius 3 is 2.92 bits per heavy atom. The minimum atomic E-state index is 0.150. The van der Waals surface area contributed by atoms with Gasteiger partial charge in [-0.2, -0.15) is 0 Å². The molecule has 4 heteroatoms. The Morgan fingerprint density at radius 1 is 1.46 bits per heavy atom. The fourth-order valence-corrected chi connectivity index (χ4v) is 3.19. The summed E-state index contributed by atoms with van der Waals surface area (Å²) in [7, 11) is 0. The normalized spacial score (nSPS) is 10.9.